The van der Waals surface area contributed by atoms with Gasteiger partial charge in [-0.1, -0.05) is 60.7 Å². The molecule has 2 nitrogen and oxygen atoms in total. The molecule has 3 rings (SSSR count). The van der Waals surface area contributed by atoms with E-state index in [1.165, 1.54) is 11.1 Å². The van der Waals surface area contributed by atoms with Gasteiger partial charge in [0, 0.05) is 18.6 Å². The van der Waals surface area contributed by atoms with E-state index in [0.29, 0.717) is 6.04 Å². The lowest BCUT2D eigenvalue weighted by molar-refractivity contribution is 0.0338. The summed E-state index contributed by atoms with van der Waals surface area (Å²) in [5, 5.41) is 3.42. The highest BCUT2D eigenvalue weighted by atomic mass is 15.3. The molecule has 2 aromatic rings. The van der Waals surface area contributed by atoms with E-state index in [4.69, 9.17) is 0 Å². The lowest BCUT2D eigenvalue weighted by Crippen LogP contribution is -2.67. The number of benzene rings is 2. The van der Waals surface area contributed by atoms with E-state index in [0.717, 1.165) is 13.1 Å². The maximum absolute atomic E-state index is 3.42. The molecule has 1 heterocycles. The SMILES string of the molecule is CNC1(C)CN(C(c2ccccc2)c2ccccc2)C1. The fourth-order valence-corrected chi connectivity index (χ4v) is 3.08. The zero-order valence-electron chi connectivity index (χ0n) is 12.2. The molecule has 0 unspecified atom stereocenters. The number of nitrogens with zero attached hydrogens (tertiary/aromatic N) is 1. The third-order valence-corrected chi connectivity index (χ3v) is 4.30. The molecule has 0 aromatic heterocycles. The van der Waals surface area contributed by atoms with Crippen molar-refractivity contribution in [3.05, 3.63) is 71.8 Å². The van der Waals surface area contributed by atoms with Crippen molar-refractivity contribution < 1.29 is 0 Å². The minimum atomic E-state index is 0.252. The van der Waals surface area contributed by atoms with Gasteiger partial charge < -0.3 is 5.32 Å². The van der Waals surface area contributed by atoms with E-state index in [-0.39, 0.29) is 5.54 Å². The molecule has 0 spiro atoms. The summed E-state index contributed by atoms with van der Waals surface area (Å²) in [5.74, 6) is 0. The molecular formula is C18H22N2. The van der Waals surface area contributed by atoms with E-state index < -0.39 is 0 Å². The summed E-state index contributed by atoms with van der Waals surface area (Å²) in [5.41, 5.74) is 3.00. The molecular weight excluding hydrogens is 244 g/mol. The molecule has 0 radical (unpaired) electrons. The minimum Gasteiger partial charge on any atom is -0.312 e. The highest BCUT2D eigenvalue weighted by molar-refractivity contribution is 5.33. The fourth-order valence-electron chi connectivity index (χ4n) is 3.08. The molecule has 0 amide bonds. The van der Waals surface area contributed by atoms with Crippen molar-refractivity contribution in [1.82, 2.24) is 10.2 Å². The van der Waals surface area contributed by atoms with Crippen molar-refractivity contribution in [2.45, 2.75) is 18.5 Å². The van der Waals surface area contributed by atoms with Gasteiger partial charge in [0.1, 0.15) is 0 Å². The van der Waals surface area contributed by atoms with Gasteiger partial charge in [0.15, 0.2) is 0 Å². The largest absolute Gasteiger partial charge is 0.312 e. The fraction of sp³-hybridized carbons (Fsp3) is 0.333. The van der Waals surface area contributed by atoms with E-state index in [1.807, 2.05) is 0 Å². The molecule has 0 saturated carbocycles. The summed E-state index contributed by atoms with van der Waals surface area (Å²) in [4.78, 5) is 2.54. The average Bonchev–Trinajstić information content (AvgIpc) is 2.48. The molecule has 0 aliphatic carbocycles. The molecule has 104 valence electrons. The van der Waals surface area contributed by atoms with E-state index in [2.05, 4.69) is 84.9 Å². The van der Waals surface area contributed by atoms with Crippen LogP contribution in [0.5, 0.6) is 0 Å². The van der Waals surface area contributed by atoms with Gasteiger partial charge in [0.05, 0.1) is 6.04 Å². The van der Waals surface area contributed by atoms with Crippen molar-refractivity contribution in [3.63, 3.8) is 0 Å². The van der Waals surface area contributed by atoms with Gasteiger partial charge >= 0.3 is 0 Å². The molecule has 1 saturated heterocycles. The van der Waals surface area contributed by atoms with Crippen LogP contribution in [0.15, 0.2) is 60.7 Å². The first-order valence-electron chi connectivity index (χ1n) is 7.25. The van der Waals surface area contributed by atoms with Crippen LogP contribution in [0.4, 0.5) is 0 Å². The van der Waals surface area contributed by atoms with Crippen LogP contribution in [-0.2, 0) is 0 Å². The Morgan fingerprint density at radius 2 is 1.35 bits per heavy atom. The second kappa shape index (κ2) is 5.39. The lowest BCUT2D eigenvalue weighted by atomic mass is 9.86. The second-order valence-corrected chi connectivity index (χ2v) is 5.94. The van der Waals surface area contributed by atoms with Crippen molar-refractivity contribution in [1.29, 1.82) is 0 Å². The third kappa shape index (κ3) is 2.49. The van der Waals surface area contributed by atoms with Crippen LogP contribution < -0.4 is 5.32 Å². The Labute approximate surface area is 121 Å². The predicted molar refractivity (Wildman–Crippen MR) is 83.8 cm³/mol. The highest BCUT2D eigenvalue weighted by Gasteiger charge is 2.41. The van der Waals surface area contributed by atoms with Crippen LogP contribution in [0.25, 0.3) is 0 Å². The maximum atomic E-state index is 3.42. The summed E-state index contributed by atoms with van der Waals surface area (Å²) in [6, 6.07) is 22.0. The van der Waals surface area contributed by atoms with Crippen molar-refractivity contribution in [3.8, 4) is 0 Å². The van der Waals surface area contributed by atoms with Gasteiger partial charge in [-0.15, -0.1) is 0 Å². The second-order valence-electron chi connectivity index (χ2n) is 5.94. The van der Waals surface area contributed by atoms with Gasteiger partial charge in [-0.05, 0) is 25.1 Å². The van der Waals surface area contributed by atoms with E-state index in [1.54, 1.807) is 0 Å². The van der Waals surface area contributed by atoms with Crippen LogP contribution in [-0.4, -0.2) is 30.6 Å². The Morgan fingerprint density at radius 3 is 1.75 bits per heavy atom. The van der Waals surface area contributed by atoms with Crippen LogP contribution in [0.3, 0.4) is 0 Å². The smallest absolute Gasteiger partial charge is 0.0603 e. The summed E-state index contributed by atoms with van der Waals surface area (Å²) in [6.45, 7) is 4.45. The van der Waals surface area contributed by atoms with Crippen LogP contribution >= 0.6 is 0 Å². The molecule has 0 bridgehead atoms. The first-order chi connectivity index (χ1) is 9.72. The Bertz CT molecular complexity index is 505. The quantitative estimate of drug-likeness (QED) is 0.915. The summed E-state index contributed by atoms with van der Waals surface area (Å²) in [7, 11) is 2.05. The van der Waals surface area contributed by atoms with Crippen LogP contribution in [0.1, 0.15) is 24.1 Å². The normalized spacial score (nSPS) is 17.9. The maximum Gasteiger partial charge on any atom is 0.0603 e. The zero-order valence-corrected chi connectivity index (χ0v) is 12.2. The molecule has 1 aliphatic heterocycles. The summed E-state index contributed by atoms with van der Waals surface area (Å²) in [6.07, 6.45) is 0. The van der Waals surface area contributed by atoms with Crippen LogP contribution in [0, 0.1) is 0 Å². The first kappa shape index (κ1) is 13.3. The molecule has 1 N–H and O–H groups in total. The Morgan fingerprint density at radius 1 is 0.900 bits per heavy atom. The van der Waals surface area contributed by atoms with Gasteiger partial charge in [0.2, 0.25) is 0 Å². The minimum absolute atomic E-state index is 0.252. The first-order valence-corrected chi connectivity index (χ1v) is 7.25. The van der Waals surface area contributed by atoms with E-state index in [9.17, 15) is 0 Å². The molecule has 2 heteroatoms. The molecule has 20 heavy (non-hydrogen) atoms. The molecule has 0 atom stereocenters. The molecule has 2 aromatic carbocycles. The average molecular weight is 266 g/mol. The summed E-state index contributed by atoms with van der Waals surface area (Å²) >= 11 is 0. The topological polar surface area (TPSA) is 15.3 Å². The van der Waals surface area contributed by atoms with Crippen molar-refractivity contribution >= 4 is 0 Å². The van der Waals surface area contributed by atoms with Gasteiger partial charge in [-0.3, -0.25) is 4.90 Å². The molecule has 1 fully saturated rings. The van der Waals surface area contributed by atoms with Gasteiger partial charge in [-0.2, -0.15) is 0 Å². The van der Waals surface area contributed by atoms with Crippen molar-refractivity contribution in [2.75, 3.05) is 20.1 Å². The highest BCUT2D eigenvalue weighted by Crippen LogP contribution is 2.35. The number of nitrogens with one attached hydrogen (secondary N) is 1. The predicted octanol–water partition coefficient (Wildman–Crippen LogP) is 3.07. The third-order valence-electron chi connectivity index (χ3n) is 4.30. The molecule has 1 aliphatic rings. The Balaban J connectivity index is 1.90. The number of rotatable bonds is 4. The number of hydrogen-bond acceptors (Lipinski definition) is 2. The number of likely N-dealkylation sites (tertiary alicyclic amines) is 1. The van der Waals surface area contributed by atoms with Gasteiger partial charge in [-0.25, -0.2) is 0 Å². The van der Waals surface area contributed by atoms with Gasteiger partial charge in [0.25, 0.3) is 0 Å². The number of hydrogen-bond donors (Lipinski definition) is 1. The summed E-state index contributed by atoms with van der Waals surface area (Å²) < 4.78 is 0. The Kier molecular flexibility index (Phi) is 3.60. The van der Waals surface area contributed by atoms with Crippen LogP contribution in [0.2, 0.25) is 0 Å². The Hall–Kier alpha value is -1.64. The monoisotopic (exact) mass is 266 g/mol. The standard InChI is InChI=1S/C18H22N2/c1-18(19-2)13-20(14-18)17(15-9-5-3-6-10-15)16-11-7-4-8-12-16/h3-12,17,19H,13-14H2,1-2H3. The van der Waals surface area contributed by atoms with Crippen molar-refractivity contribution in [2.24, 2.45) is 0 Å². The lowest BCUT2D eigenvalue weighted by Gasteiger charge is -2.51. The van der Waals surface area contributed by atoms with E-state index >= 15 is 0 Å². The number of likely N-dealkylation sites (N-methyl/N-ethyl adjacent to an activating group) is 1. The zero-order chi connectivity index (χ0) is 14.0.